The molecule has 0 aromatic heterocycles. The van der Waals surface area contributed by atoms with E-state index in [1.165, 1.54) is 0 Å². The van der Waals surface area contributed by atoms with Crippen molar-refractivity contribution < 1.29 is 23.9 Å². The van der Waals surface area contributed by atoms with Gasteiger partial charge in [-0.05, 0) is 42.8 Å². The molecule has 1 rings (SSSR count). The lowest BCUT2D eigenvalue weighted by Gasteiger charge is -2.26. The SMILES string of the molecule is CCCC(NC(=O)C(CCSC)NC(=O)OCC(C)C)C(=O)NC(Cc1ccccc1)C(=O)C(C)C. The van der Waals surface area contributed by atoms with E-state index in [9.17, 15) is 19.2 Å². The normalized spacial score (nSPS) is 13.6. The van der Waals surface area contributed by atoms with Gasteiger partial charge in [0.2, 0.25) is 11.8 Å². The molecule has 0 heterocycles. The van der Waals surface area contributed by atoms with Crippen molar-refractivity contribution in [3.63, 3.8) is 0 Å². The zero-order valence-corrected chi connectivity index (χ0v) is 23.3. The van der Waals surface area contributed by atoms with E-state index in [1.54, 1.807) is 25.6 Å². The van der Waals surface area contributed by atoms with Gasteiger partial charge >= 0.3 is 6.09 Å². The Bertz CT molecular complexity index is 832. The third-order valence-corrected chi connectivity index (χ3v) is 6.13. The van der Waals surface area contributed by atoms with Crippen LogP contribution in [0.25, 0.3) is 0 Å². The Morgan fingerprint density at radius 1 is 0.861 bits per heavy atom. The van der Waals surface area contributed by atoms with Crippen LogP contribution in [0.5, 0.6) is 0 Å². The van der Waals surface area contributed by atoms with Crippen molar-refractivity contribution >= 4 is 35.5 Å². The van der Waals surface area contributed by atoms with Gasteiger partial charge in [0, 0.05) is 5.92 Å². The molecular weight excluding hydrogens is 478 g/mol. The maximum Gasteiger partial charge on any atom is 0.407 e. The number of nitrogens with one attached hydrogen (secondary N) is 3. The Labute approximate surface area is 220 Å². The van der Waals surface area contributed by atoms with Crippen LogP contribution in [0.15, 0.2) is 30.3 Å². The topological polar surface area (TPSA) is 114 Å². The van der Waals surface area contributed by atoms with Gasteiger partial charge in [0.1, 0.15) is 12.1 Å². The molecule has 36 heavy (non-hydrogen) atoms. The van der Waals surface area contributed by atoms with Crippen LogP contribution in [-0.2, 0) is 25.5 Å². The smallest absolute Gasteiger partial charge is 0.407 e. The van der Waals surface area contributed by atoms with Crippen LogP contribution in [0.4, 0.5) is 4.79 Å². The van der Waals surface area contributed by atoms with Crippen LogP contribution in [0.3, 0.4) is 0 Å². The molecule has 1 aromatic carbocycles. The summed E-state index contributed by atoms with van der Waals surface area (Å²) in [6, 6.07) is 7.15. The molecule has 8 nitrogen and oxygen atoms in total. The predicted molar refractivity (Wildman–Crippen MR) is 145 cm³/mol. The number of hydrogen-bond donors (Lipinski definition) is 3. The fraction of sp³-hybridized carbons (Fsp3) is 0.630. The molecule has 202 valence electrons. The summed E-state index contributed by atoms with van der Waals surface area (Å²) < 4.78 is 5.17. The number of alkyl carbamates (subject to hydrolysis) is 1. The second kappa shape index (κ2) is 17.0. The van der Waals surface area contributed by atoms with Crippen molar-refractivity contribution in [2.24, 2.45) is 11.8 Å². The lowest BCUT2D eigenvalue weighted by Crippen LogP contribution is -2.56. The monoisotopic (exact) mass is 521 g/mol. The second-order valence-electron chi connectivity index (χ2n) is 9.63. The van der Waals surface area contributed by atoms with Gasteiger partial charge in [-0.3, -0.25) is 14.4 Å². The maximum atomic E-state index is 13.2. The highest BCUT2D eigenvalue weighted by Gasteiger charge is 2.30. The highest BCUT2D eigenvalue weighted by molar-refractivity contribution is 7.98. The average molecular weight is 522 g/mol. The fourth-order valence-corrected chi connectivity index (χ4v) is 3.98. The minimum absolute atomic E-state index is 0.0683. The number of hydrogen-bond acceptors (Lipinski definition) is 6. The van der Waals surface area contributed by atoms with Crippen LogP contribution >= 0.6 is 11.8 Å². The van der Waals surface area contributed by atoms with E-state index in [2.05, 4.69) is 16.0 Å². The molecule has 0 aliphatic heterocycles. The second-order valence-corrected chi connectivity index (χ2v) is 10.6. The number of Topliss-reactive ketones (excluding diaryl/α,β-unsaturated/α-hetero) is 1. The number of ketones is 1. The minimum Gasteiger partial charge on any atom is -0.449 e. The average Bonchev–Trinajstić information content (AvgIpc) is 2.84. The van der Waals surface area contributed by atoms with Crippen molar-refractivity contribution in [1.82, 2.24) is 16.0 Å². The molecule has 3 amide bonds. The summed E-state index contributed by atoms with van der Waals surface area (Å²) in [4.78, 5) is 51.4. The summed E-state index contributed by atoms with van der Waals surface area (Å²) in [6.07, 6.45) is 3.07. The molecule has 0 spiro atoms. The van der Waals surface area contributed by atoms with E-state index in [0.29, 0.717) is 31.4 Å². The summed E-state index contributed by atoms with van der Waals surface area (Å²) in [6.45, 7) is 9.62. The standard InChI is InChI=1S/C27H43N3O5S/c1-7-11-21(28-26(33)22(14-15-36-6)30-27(34)35-17-18(2)3)25(32)29-23(24(31)19(4)5)16-20-12-9-8-10-13-20/h8-10,12-13,18-19,21-23H,7,11,14-17H2,1-6H3,(H,28,33)(H,29,32)(H,30,34). The molecule has 3 N–H and O–H groups in total. The highest BCUT2D eigenvalue weighted by atomic mass is 32.2. The number of benzene rings is 1. The van der Waals surface area contributed by atoms with E-state index in [1.807, 2.05) is 57.4 Å². The molecular formula is C27H43N3O5S. The zero-order valence-electron chi connectivity index (χ0n) is 22.5. The van der Waals surface area contributed by atoms with Crippen LogP contribution < -0.4 is 16.0 Å². The number of rotatable bonds is 16. The van der Waals surface area contributed by atoms with Crippen LogP contribution in [0, 0.1) is 11.8 Å². The van der Waals surface area contributed by atoms with Gasteiger partial charge < -0.3 is 20.7 Å². The van der Waals surface area contributed by atoms with E-state index < -0.39 is 36.0 Å². The van der Waals surface area contributed by atoms with Crippen LogP contribution in [-0.4, -0.2) is 60.4 Å². The molecule has 0 radical (unpaired) electrons. The Morgan fingerprint density at radius 3 is 1.97 bits per heavy atom. The van der Waals surface area contributed by atoms with Crippen molar-refractivity contribution in [3.05, 3.63) is 35.9 Å². The largest absolute Gasteiger partial charge is 0.449 e. The summed E-state index contributed by atoms with van der Waals surface area (Å²) in [5.41, 5.74) is 0.939. The third kappa shape index (κ3) is 11.9. The Kier molecular flexibility index (Phi) is 14.9. The maximum absolute atomic E-state index is 13.2. The molecule has 0 saturated carbocycles. The quantitative estimate of drug-likeness (QED) is 0.306. The van der Waals surface area contributed by atoms with E-state index in [4.69, 9.17) is 4.74 Å². The summed E-state index contributed by atoms with van der Waals surface area (Å²) in [5, 5.41) is 8.29. The zero-order chi connectivity index (χ0) is 27.1. The van der Waals surface area contributed by atoms with Gasteiger partial charge in [0.05, 0.1) is 12.6 Å². The Hall–Kier alpha value is -2.55. The molecule has 0 fully saturated rings. The van der Waals surface area contributed by atoms with Crippen LogP contribution in [0.1, 0.15) is 59.4 Å². The number of carbonyl (C=O) groups is 4. The van der Waals surface area contributed by atoms with Crippen molar-refractivity contribution in [2.75, 3.05) is 18.6 Å². The Balaban J connectivity index is 2.95. The minimum atomic E-state index is -0.832. The number of ether oxygens (including phenoxy) is 1. The molecule has 0 aliphatic rings. The van der Waals surface area contributed by atoms with Gasteiger partial charge in [-0.25, -0.2) is 4.79 Å². The van der Waals surface area contributed by atoms with Gasteiger partial charge in [0.15, 0.2) is 5.78 Å². The first-order valence-corrected chi connectivity index (χ1v) is 14.1. The molecule has 1 aromatic rings. The van der Waals surface area contributed by atoms with Gasteiger partial charge in [-0.15, -0.1) is 0 Å². The van der Waals surface area contributed by atoms with E-state index in [0.717, 1.165) is 5.56 Å². The highest BCUT2D eigenvalue weighted by Crippen LogP contribution is 2.10. The molecule has 3 atom stereocenters. The lowest BCUT2D eigenvalue weighted by atomic mass is 9.95. The molecule has 0 bridgehead atoms. The van der Waals surface area contributed by atoms with E-state index >= 15 is 0 Å². The van der Waals surface area contributed by atoms with Gasteiger partial charge in [-0.2, -0.15) is 11.8 Å². The molecule has 0 aliphatic carbocycles. The third-order valence-electron chi connectivity index (χ3n) is 5.49. The summed E-state index contributed by atoms with van der Waals surface area (Å²) in [5.74, 6) is -0.365. The molecule has 3 unspecified atom stereocenters. The van der Waals surface area contributed by atoms with Crippen molar-refractivity contribution in [1.29, 1.82) is 0 Å². The van der Waals surface area contributed by atoms with Crippen molar-refractivity contribution in [2.45, 2.75) is 78.4 Å². The fourth-order valence-electron chi connectivity index (χ4n) is 3.51. The first kappa shape index (κ1) is 31.5. The number of amides is 3. The van der Waals surface area contributed by atoms with Gasteiger partial charge in [0.25, 0.3) is 0 Å². The van der Waals surface area contributed by atoms with E-state index in [-0.39, 0.29) is 24.2 Å². The predicted octanol–water partition coefficient (Wildman–Crippen LogP) is 3.73. The van der Waals surface area contributed by atoms with Crippen LogP contribution in [0.2, 0.25) is 0 Å². The lowest BCUT2D eigenvalue weighted by molar-refractivity contribution is -0.133. The molecule has 0 saturated heterocycles. The first-order valence-electron chi connectivity index (χ1n) is 12.7. The van der Waals surface area contributed by atoms with Gasteiger partial charge in [-0.1, -0.05) is 71.4 Å². The first-order chi connectivity index (χ1) is 17.1. The van der Waals surface area contributed by atoms with Crippen molar-refractivity contribution in [3.8, 4) is 0 Å². The summed E-state index contributed by atoms with van der Waals surface area (Å²) in [7, 11) is 0. The summed E-state index contributed by atoms with van der Waals surface area (Å²) >= 11 is 1.55. The molecule has 9 heteroatoms. The number of carbonyl (C=O) groups excluding carboxylic acids is 4. The number of thioether (sulfide) groups is 1. The Morgan fingerprint density at radius 2 is 1.44 bits per heavy atom.